The molecule has 1 aromatic rings. The van der Waals surface area contributed by atoms with E-state index in [9.17, 15) is 4.79 Å². The molecule has 21 heavy (non-hydrogen) atoms. The molecule has 4 heteroatoms. The Morgan fingerprint density at radius 3 is 2.90 bits per heavy atom. The van der Waals surface area contributed by atoms with Gasteiger partial charge in [-0.1, -0.05) is 36.8 Å². The second-order valence-corrected chi connectivity index (χ2v) is 5.74. The molecule has 116 valence electrons. The summed E-state index contributed by atoms with van der Waals surface area (Å²) in [4.78, 5) is 14.1. The number of nitrogens with two attached hydrogens (primary N) is 1. The van der Waals surface area contributed by atoms with Crippen LogP contribution in [-0.4, -0.2) is 36.5 Å². The van der Waals surface area contributed by atoms with Crippen LogP contribution in [-0.2, 0) is 16.1 Å². The summed E-state index contributed by atoms with van der Waals surface area (Å²) in [5.41, 5.74) is 7.15. The van der Waals surface area contributed by atoms with E-state index >= 15 is 0 Å². The van der Waals surface area contributed by atoms with E-state index in [4.69, 9.17) is 10.5 Å². The zero-order valence-corrected chi connectivity index (χ0v) is 12.7. The van der Waals surface area contributed by atoms with Crippen molar-refractivity contribution in [3.05, 3.63) is 35.9 Å². The summed E-state index contributed by atoms with van der Waals surface area (Å²) in [6.07, 6.45) is 4.57. The van der Waals surface area contributed by atoms with Gasteiger partial charge in [0.2, 0.25) is 5.91 Å². The van der Waals surface area contributed by atoms with E-state index in [-0.39, 0.29) is 11.9 Å². The Hall–Kier alpha value is -1.39. The van der Waals surface area contributed by atoms with E-state index in [0.717, 1.165) is 32.2 Å². The van der Waals surface area contributed by atoms with Gasteiger partial charge in [0.1, 0.15) is 0 Å². The molecule has 1 saturated heterocycles. The van der Waals surface area contributed by atoms with Crippen LogP contribution >= 0.6 is 0 Å². The second kappa shape index (κ2) is 8.80. The fourth-order valence-corrected chi connectivity index (χ4v) is 2.65. The van der Waals surface area contributed by atoms with Crippen LogP contribution in [0.25, 0.3) is 0 Å². The van der Waals surface area contributed by atoms with Gasteiger partial charge in [0.15, 0.2) is 0 Å². The highest BCUT2D eigenvalue weighted by Crippen LogP contribution is 2.11. The minimum Gasteiger partial charge on any atom is -0.377 e. The van der Waals surface area contributed by atoms with E-state index in [1.165, 1.54) is 5.56 Å². The molecular weight excluding hydrogens is 264 g/mol. The number of hydrogen-bond donors (Lipinski definition) is 1. The summed E-state index contributed by atoms with van der Waals surface area (Å²) in [7, 11) is 0. The number of ether oxygens (including phenoxy) is 1. The van der Waals surface area contributed by atoms with E-state index in [2.05, 4.69) is 0 Å². The summed E-state index contributed by atoms with van der Waals surface area (Å²) in [5.74, 6) is 0.218. The molecule has 1 aliphatic rings. The van der Waals surface area contributed by atoms with Crippen LogP contribution in [0.5, 0.6) is 0 Å². The molecule has 2 N–H and O–H groups in total. The summed E-state index contributed by atoms with van der Waals surface area (Å²) in [6.45, 7) is 2.81. The first-order valence-corrected chi connectivity index (χ1v) is 7.91. The molecule has 0 aromatic heterocycles. The zero-order valence-electron chi connectivity index (χ0n) is 12.7. The van der Waals surface area contributed by atoms with Gasteiger partial charge in [-0.25, -0.2) is 0 Å². The number of likely N-dealkylation sites (tertiary alicyclic amines) is 1. The predicted octanol–water partition coefficient (Wildman–Crippen LogP) is 2.32. The van der Waals surface area contributed by atoms with E-state index in [0.29, 0.717) is 26.2 Å². The largest absolute Gasteiger partial charge is 0.377 e. The SMILES string of the molecule is N[C@H]1CCCCN(C(=O)CCCOCc2ccccc2)C1. The van der Waals surface area contributed by atoms with Crippen molar-refractivity contribution in [3.63, 3.8) is 0 Å². The maximum Gasteiger partial charge on any atom is 0.222 e. The number of nitrogens with zero attached hydrogens (tertiary/aromatic N) is 1. The van der Waals surface area contributed by atoms with Crippen LogP contribution < -0.4 is 5.73 Å². The summed E-state index contributed by atoms with van der Waals surface area (Å²) in [6, 6.07) is 10.2. The predicted molar refractivity (Wildman–Crippen MR) is 83.7 cm³/mol. The van der Waals surface area contributed by atoms with Crippen LogP contribution in [0.3, 0.4) is 0 Å². The average molecular weight is 290 g/mol. The number of carbonyl (C=O) groups excluding carboxylic acids is 1. The van der Waals surface area contributed by atoms with Crippen molar-refractivity contribution in [3.8, 4) is 0 Å². The van der Waals surface area contributed by atoms with Gasteiger partial charge >= 0.3 is 0 Å². The summed E-state index contributed by atoms with van der Waals surface area (Å²) < 4.78 is 5.61. The molecule has 0 spiro atoms. The van der Waals surface area contributed by atoms with Gasteiger partial charge in [-0.05, 0) is 24.8 Å². The molecule has 1 fully saturated rings. The van der Waals surface area contributed by atoms with Gasteiger partial charge < -0.3 is 15.4 Å². The number of hydrogen-bond acceptors (Lipinski definition) is 3. The smallest absolute Gasteiger partial charge is 0.222 e. The number of amides is 1. The van der Waals surface area contributed by atoms with Crippen LogP contribution in [0.1, 0.15) is 37.7 Å². The van der Waals surface area contributed by atoms with Gasteiger partial charge in [-0.2, -0.15) is 0 Å². The average Bonchev–Trinajstić information content (AvgIpc) is 2.72. The van der Waals surface area contributed by atoms with Crippen molar-refractivity contribution in [1.29, 1.82) is 0 Å². The summed E-state index contributed by atoms with van der Waals surface area (Å²) >= 11 is 0. The molecule has 0 saturated carbocycles. The fourth-order valence-electron chi connectivity index (χ4n) is 2.65. The van der Waals surface area contributed by atoms with Crippen molar-refractivity contribution >= 4 is 5.91 Å². The van der Waals surface area contributed by atoms with Gasteiger partial charge in [0.05, 0.1) is 6.61 Å². The molecule has 4 nitrogen and oxygen atoms in total. The molecule has 1 atom stereocenters. The molecule has 1 amide bonds. The highest BCUT2D eigenvalue weighted by Gasteiger charge is 2.19. The molecule has 1 aliphatic heterocycles. The Morgan fingerprint density at radius 1 is 1.29 bits per heavy atom. The first-order valence-electron chi connectivity index (χ1n) is 7.91. The molecule has 0 unspecified atom stereocenters. The number of carbonyl (C=O) groups is 1. The van der Waals surface area contributed by atoms with Gasteiger partial charge in [-0.15, -0.1) is 0 Å². The van der Waals surface area contributed by atoms with Crippen LogP contribution in [0.15, 0.2) is 30.3 Å². The maximum atomic E-state index is 12.1. The third-order valence-electron chi connectivity index (χ3n) is 3.85. The van der Waals surface area contributed by atoms with Crippen molar-refractivity contribution in [2.45, 2.75) is 44.8 Å². The quantitative estimate of drug-likeness (QED) is 0.818. The molecule has 0 aliphatic carbocycles. The number of rotatable bonds is 6. The minimum absolute atomic E-state index is 0.144. The lowest BCUT2D eigenvalue weighted by Gasteiger charge is -2.22. The molecular formula is C17H26N2O2. The van der Waals surface area contributed by atoms with Crippen molar-refractivity contribution in [2.24, 2.45) is 5.73 Å². The van der Waals surface area contributed by atoms with Gasteiger partial charge in [0.25, 0.3) is 0 Å². The normalized spacial score (nSPS) is 19.3. The standard InChI is InChI=1S/C17H26N2O2/c18-16-9-4-5-11-19(13-16)17(20)10-6-12-21-14-15-7-2-1-3-8-15/h1-3,7-8,16H,4-6,9-14,18H2/t16-/m0/s1. The first kappa shape index (κ1) is 16.0. The van der Waals surface area contributed by atoms with Crippen LogP contribution in [0.4, 0.5) is 0 Å². The fraction of sp³-hybridized carbons (Fsp3) is 0.588. The Morgan fingerprint density at radius 2 is 2.10 bits per heavy atom. The lowest BCUT2D eigenvalue weighted by Crippen LogP contribution is -2.39. The van der Waals surface area contributed by atoms with Gasteiger partial charge in [-0.3, -0.25) is 4.79 Å². The Bertz CT molecular complexity index is 422. The van der Waals surface area contributed by atoms with Crippen LogP contribution in [0, 0.1) is 0 Å². The highest BCUT2D eigenvalue weighted by atomic mass is 16.5. The van der Waals surface area contributed by atoms with Crippen molar-refractivity contribution in [1.82, 2.24) is 4.90 Å². The highest BCUT2D eigenvalue weighted by molar-refractivity contribution is 5.76. The minimum atomic E-state index is 0.144. The molecule has 0 bridgehead atoms. The van der Waals surface area contributed by atoms with E-state index < -0.39 is 0 Å². The Balaban J connectivity index is 1.60. The third-order valence-corrected chi connectivity index (χ3v) is 3.85. The van der Waals surface area contributed by atoms with Gasteiger partial charge in [0, 0.05) is 32.2 Å². The van der Waals surface area contributed by atoms with E-state index in [1.54, 1.807) is 0 Å². The van der Waals surface area contributed by atoms with Crippen molar-refractivity contribution < 1.29 is 9.53 Å². The lowest BCUT2D eigenvalue weighted by atomic mass is 10.2. The Labute approximate surface area is 127 Å². The van der Waals surface area contributed by atoms with Crippen LogP contribution in [0.2, 0.25) is 0 Å². The molecule has 1 aromatic carbocycles. The Kier molecular flexibility index (Phi) is 6.70. The molecule has 2 rings (SSSR count). The maximum absolute atomic E-state index is 12.1. The zero-order chi connectivity index (χ0) is 14.9. The monoisotopic (exact) mass is 290 g/mol. The first-order chi connectivity index (χ1) is 10.3. The molecule has 0 radical (unpaired) electrons. The lowest BCUT2D eigenvalue weighted by molar-refractivity contribution is -0.131. The third kappa shape index (κ3) is 5.86. The topological polar surface area (TPSA) is 55.6 Å². The number of benzene rings is 1. The summed E-state index contributed by atoms with van der Waals surface area (Å²) in [5, 5.41) is 0. The second-order valence-electron chi connectivity index (χ2n) is 5.74. The van der Waals surface area contributed by atoms with Crippen molar-refractivity contribution in [2.75, 3.05) is 19.7 Å². The van der Waals surface area contributed by atoms with E-state index in [1.807, 2.05) is 35.2 Å². The molecule has 1 heterocycles.